The van der Waals surface area contributed by atoms with E-state index in [4.69, 9.17) is 0 Å². The first-order valence-corrected chi connectivity index (χ1v) is 5.93. The van der Waals surface area contributed by atoms with Crippen LogP contribution in [0.25, 0.3) is 5.78 Å². The van der Waals surface area contributed by atoms with Crippen LogP contribution in [-0.2, 0) is 0 Å². The predicted molar refractivity (Wildman–Crippen MR) is 68.8 cm³/mol. The van der Waals surface area contributed by atoms with Gasteiger partial charge in [0.25, 0.3) is 11.7 Å². The van der Waals surface area contributed by atoms with Crippen LogP contribution in [0.15, 0.2) is 12.5 Å². The Morgan fingerprint density at radius 2 is 2.16 bits per heavy atom. The summed E-state index contributed by atoms with van der Waals surface area (Å²) in [6.45, 7) is 5.33. The highest BCUT2D eigenvalue weighted by Gasteiger charge is 2.22. The van der Waals surface area contributed by atoms with E-state index >= 15 is 0 Å². The van der Waals surface area contributed by atoms with Gasteiger partial charge in [-0.3, -0.25) is 4.79 Å². The molecular formula is C12H17N5O2. The van der Waals surface area contributed by atoms with Gasteiger partial charge in [0, 0.05) is 19.8 Å². The highest BCUT2D eigenvalue weighted by Crippen LogP contribution is 2.12. The molecule has 0 saturated heterocycles. The fraction of sp³-hybridized carbons (Fsp3) is 0.500. The average molecular weight is 263 g/mol. The lowest BCUT2D eigenvalue weighted by Crippen LogP contribution is -2.40. The molecule has 0 bridgehead atoms. The maximum atomic E-state index is 12.3. The van der Waals surface area contributed by atoms with Crippen LogP contribution in [-0.4, -0.2) is 54.7 Å². The summed E-state index contributed by atoms with van der Waals surface area (Å²) in [5.41, 5.74) is 0.183. The number of hydrogen-bond donors (Lipinski definition) is 1. The number of likely N-dealkylation sites (N-methyl/N-ethyl adjacent to an activating group) is 1. The number of rotatable bonds is 3. The summed E-state index contributed by atoms with van der Waals surface area (Å²) in [5, 5.41) is 13.8. The summed E-state index contributed by atoms with van der Waals surface area (Å²) in [6.07, 6.45) is 2.88. The minimum Gasteiger partial charge on any atom is -0.389 e. The summed E-state index contributed by atoms with van der Waals surface area (Å²) in [4.78, 5) is 21.8. The molecule has 102 valence electrons. The van der Waals surface area contributed by atoms with Gasteiger partial charge in [0.1, 0.15) is 6.33 Å². The van der Waals surface area contributed by atoms with Crippen LogP contribution in [0.4, 0.5) is 0 Å². The van der Waals surface area contributed by atoms with Gasteiger partial charge >= 0.3 is 0 Å². The van der Waals surface area contributed by atoms with Crippen LogP contribution in [0.5, 0.6) is 0 Å². The summed E-state index contributed by atoms with van der Waals surface area (Å²) in [6, 6.07) is 0. The number of fused-ring (bicyclic) bond motifs is 1. The molecule has 0 saturated carbocycles. The largest absolute Gasteiger partial charge is 0.389 e. The molecule has 7 heteroatoms. The van der Waals surface area contributed by atoms with Crippen molar-refractivity contribution in [2.75, 3.05) is 13.6 Å². The van der Waals surface area contributed by atoms with E-state index in [2.05, 4.69) is 15.1 Å². The molecule has 0 fully saturated rings. The Balaban J connectivity index is 2.33. The van der Waals surface area contributed by atoms with Crippen molar-refractivity contribution in [2.45, 2.75) is 26.4 Å². The van der Waals surface area contributed by atoms with Crippen LogP contribution in [0, 0.1) is 6.92 Å². The van der Waals surface area contributed by atoms with Gasteiger partial charge in [-0.1, -0.05) is 0 Å². The van der Waals surface area contributed by atoms with Crippen LogP contribution in [0.2, 0.25) is 0 Å². The Hall–Kier alpha value is -2.02. The quantitative estimate of drug-likeness (QED) is 0.859. The molecule has 2 aromatic rings. The Labute approximate surface area is 110 Å². The standard InChI is InChI=1S/C12H17N5O2/c1-8-9(5-13-11-14-7-15-17(8)11)10(18)16(4)6-12(2,3)19/h5,7,19H,6H2,1-4H3. The van der Waals surface area contributed by atoms with Gasteiger partial charge in [-0.05, 0) is 20.8 Å². The summed E-state index contributed by atoms with van der Waals surface area (Å²) in [5.74, 6) is 0.253. The second-order valence-electron chi connectivity index (χ2n) is 5.20. The minimum absolute atomic E-state index is 0.204. The molecular weight excluding hydrogens is 246 g/mol. The van der Waals surface area contributed by atoms with Crippen molar-refractivity contribution >= 4 is 11.7 Å². The Morgan fingerprint density at radius 1 is 1.47 bits per heavy atom. The Morgan fingerprint density at radius 3 is 2.79 bits per heavy atom. The smallest absolute Gasteiger partial charge is 0.257 e. The minimum atomic E-state index is -0.941. The molecule has 0 aliphatic carbocycles. The lowest BCUT2D eigenvalue weighted by molar-refractivity contribution is 0.0367. The monoisotopic (exact) mass is 263 g/mol. The van der Waals surface area contributed by atoms with Crippen molar-refractivity contribution in [1.82, 2.24) is 24.5 Å². The van der Waals surface area contributed by atoms with Crippen LogP contribution in [0.1, 0.15) is 29.9 Å². The molecule has 7 nitrogen and oxygen atoms in total. The molecule has 2 heterocycles. The predicted octanol–water partition coefficient (Wildman–Crippen LogP) is 0.276. The van der Waals surface area contributed by atoms with E-state index < -0.39 is 5.60 Å². The molecule has 0 unspecified atom stereocenters. The van der Waals surface area contributed by atoms with E-state index in [1.54, 1.807) is 27.8 Å². The zero-order valence-corrected chi connectivity index (χ0v) is 11.5. The summed E-state index contributed by atoms with van der Waals surface area (Å²) >= 11 is 0. The average Bonchev–Trinajstić information content (AvgIpc) is 2.75. The fourth-order valence-electron chi connectivity index (χ4n) is 1.96. The van der Waals surface area contributed by atoms with Gasteiger partial charge in [0.15, 0.2) is 0 Å². The third-order valence-electron chi connectivity index (χ3n) is 2.75. The number of amides is 1. The van der Waals surface area contributed by atoms with Gasteiger partial charge in [-0.2, -0.15) is 10.1 Å². The molecule has 0 radical (unpaired) electrons. The lowest BCUT2D eigenvalue weighted by Gasteiger charge is -2.25. The lowest BCUT2D eigenvalue weighted by atomic mass is 10.1. The molecule has 19 heavy (non-hydrogen) atoms. The van der Waals surface area contributed by atoms with Crippen LogP contribution < -0.4 is 0 Å². The first-order chi connectivity index (χ1) is 8.79. The third kappa shape index (κ3) is 2.70. The number of carbonyl (C=O) groups is 1. The van der Waals surface area contributed by atoms with Gasteiger partial charge < -0.3 is 10.0 Å². The number of aromatic nitrogens is 4. The van der Waals surface area contributed by atoms with Gasteiger partial charge in [-0.15, -0.1) is 0 Å². The molecule has 0 spiro atoms. The van der Waals surface area contributed by atoms with Crippen molar-refractivity contribution < 1.29 is 9.90 Å². The first kappa shape index (κ1) is 13.4. The van der Waals surface area contributed by atoms with E-state index in [-0.39, 0.29) is 12.5 Å². The van der Waals surface area contributed by atoms with Crippen molar-refractivity contribution in [3.05, 3.63) is 23.8 Å². The fourth-order valence-corrected chi connectivity index (χ4v) is 1.96. The Kier molecular flexibility index (Phi) is 3.23. The third-order valence-corrected chi connectivity index (χ3v) is 2.75. The normalized spacial score (nSPS) is 11.8. The highest BCUT2D eigenvalue weighted by molar-refractivity contribution is 5.95. The molecule has 0 aliphatic rings. The Bertz CT molecular complexity index is 614. The zero-order valence-electron chi connectivity index (χ0n) is 11.5. The number of carbonyl (C=O) groups excluding carboxylic acids is 1. The molecule has 0 aliphatic heterocycles. The van der Waals surface area contributed by atoms with Gasteiger partial charge in [0.05, 0.1) is 16.9 Å². The number of aliphatic hydroxyl groups is 1. The summed E-state index contributed by atoms with van der Waals surface area (Å²) in [7, 11) is 1.64. The molecule has 1 N–H and O–H groups in total. The van der Waals surface area contributed by atoms with Crippen molar-refractivity contribution in [3.63, 3.8) is 0 Å². The van der Waals surface area contributed by atoms with Crippen molar-refractivity contribution in [1.29, 1.82) is 0 Å². The highest BCUT2D eigenvalue weighted by atomic mass is 16.3. The molecule has 2 rings (SSSR count). The second-order valence-corrected chi connectivity index (χ2v) is 5.20. The van der Waals surface area contributed by atoms with Crippen LogP contribution >= 0.6 is 0 Å². The first-order valence-electron chi connectivity index (χ1n) is 5.93. The van der Waals surface area contributed by atoms with Crippen molar-refractivity contribution in [3.8, 4) is 0 Å². The summed E-state index contributed by atoms with van der Waals surface area (Å²) < 4.78 is 1.52. The van der Waals surface area contributed by atoms with Crippen molar-refractivity contribution in [2.24, 2.45) is 0 Å². The maximum absolute atomic E-state index is 12.3. The van der Waals surface area contributed by atoms with E-state index in [0.717, 1.165) is 0 Å². The van der Waals surface area contributed by atoms with E-state index in [9.17, 15) is 9.90 Å². The number of hydrogen-bond acceptors (Lipinski definition) is 5. The van der Waals surface area contributed by atoms with E-state index in [1.165, 1.54) is 21.9 Å². The topological polar surface area (TPSA) is 83.6 Å². The molecule has 1 amide bonds. The van der Waals surface area contributed by atoms with Crippen LogP contribution in [0.3, 0.4) is 0 Å². The number of aryl methyl sites for hydroxylation is 1. The molecule has 0 atom stereocenters. The number of nitrogens with zero attached hydrogens (tertiary/aromatic N) is 5. The second kappa shape index (κ2) is 4.58. The van der Waals surface area contributed by atoms with Gasteiger partial charge in [-0.25, -0.2) is 9.50 Å². The van der Waals surface area contributed by atoms with E-state index in [1.807, 2.05) is 0 Å². The van der Waals surface area contributed by atoms with Gasteiger partial charge in [0.2, 0.25) is 0 Å². The molecule has 0 aromatic carbocycles. The molecule has 2 aromatic heterocycles. The maximum Gasteiger partial charge on any atom is 0.257 e. The van der Waals surface area contributed by atoms with E-state index in [0.29, 0.717) is 17.0 Å². The zero-order chi connectivity index (χ0) is 14.2. The SMILES string of the molecule is Cc1c(C(=O)N(C)CC(C)(C)O)cnc2ncnn12.